The van der Waals surface area contributed by atoms with Crippen LogP contribution in [-0.2, 0) is 0 Å². The standard InChI is InChI=1S/C27H34ClN5/c1-4-16-29-23-14-8-6-11-20(23)19(2)30-26-18-24(25-15-9-10-17-33(25)3)31-27(32-26)21-12-5-7-13-22(21)28/h5-8,11-14,18,25,27,29,31H,2,4,9-10,15-17H2,1,3H3,(H,30,32). The van der Waals surface area contributed by atoms with Crippen LogP contribution < -0.4 is 16.0 Å². The second kappa shape index (κ2) is 10.9. The molecule has 2 aliphatic rings. The van der Waals surface area contributed by atoms with Crippen LogP contribution >= 0.6 is 11.6 Å². The van der Waals surface area contributed by atoms with Gasteiger partial charge in [-0.2, -0.15) is 0 Å². The number of nitrogens with one attached hydrogen (secondary N) is 3. The number of hydrogen-bond donors (Lipinski definition) is 3. The quantitative estimate of drug-likeness (QED) is 0.486. The van der Waals surface area contributed by atoms with Gasteiger partial charge in [0.2, 0.25) is 0 Å². The number of benzene rings is 2. The third-order valence-corrected chi connectivity index (χ3v) is 6.63. The van der Waals surface area contributed by atoms with Crippen LogP contribution in [0.1, 0.15) is 49.9 Å². The summed E-state index contributed by atoms with van der Waals surface area (Å²) in [7, 11) is 2.20. The number of likely N-dealkylation sites (N-methyl/N-ethyl adjacent to an activating group) is 1. The van der Waals surface area contributed by atoms with Crippen molar-refractivity contribution in [1.82, 2.24) is 15.5 Å². The number of likely N-dealkylation sites (tertiary alicyclic amines) is 1. The molecule has 0 radical (unpaired) electrons. The van der Waals surface area contributed by atoms with E-state index in [4.69, 9.17) is 16.6 Å². The fraction of sp³-hybridized carbons (Fsp3) is 0.370. The molecule has 6 heteroatoms. The lowest BCUT2D eigenvalue weighted by Crippen LogP contribution is -2.44. The van der Waals surface area contributed by atoms with Gasteiger partial charge in [0.15, 0.2) is 0 Å². The van der Waals surface area contributed by atoms with Crippen molar-refractivity contribution < 1.29 is 0 Å². The minimum atomic E-state index is -0.252. The second-order valence-electron chi connectivity index (χ2n) is 8.75. The molecule has 0 aromatic heterocycles. The van der Waals surface area contributed by atoms with Crippen LogP contribution in [-0.4, -0.2) is 36.9 Å². The Labute approximate surface area is 202 Å². The fourth-order valence-corrected chi connectivity index (χ4v) is 4.75. The number of hydrogen-bond acceptors (Lipinski definition) is 5. The number of halogens is 1. The molecule has 2 atom stereocenters. The molecule has 0 aliphatic carbocycles. The lowest BCUT2D eigenvalue weighted by Gasteiger charge is -2.37. The van der Waals surface area contributed by atoms with Crippen molar-refractivity contribution in [2.24, 2.45) is 4.99 Å². The highest BCUT2D eigenvalue weighted by atomic mass is 35.5. The molecule has 2 aliphatic heterocycles. The van der Waals surface area contributed by atoms with Crippen LogP contribution in [0.4, 0.5) is 5.69 Å². The number of aliphatic imine (C=N–C) groups is 1. The molecule has 2 unspecified atom stereocenters. The number of anilines is 1. The molecule has 5 nitrogen and oxygen atoms in total. The highest BCUT2D eigenvalue weighted by Gasteiger charge is 2.28. The van der Waals surface area contributed by atoms with Gasteiger partial charge in [0.25, 0.3) is 0 Å². The largest absolute Gasteiger partial charge is 0.385 e. The first-order chi connectivity index (χ1) is 16.1. The molecule has 4 rings (SSSR count). The van der Waals surface area contributed by atoms with E-state index in [0.717, 1.165) is 54.3 Å². The molecule has 174 valence electrons. The Hall–Kier alpha value is -2.76. The van der Waals surface area contributed by atoms with Gasteiger partial charge in [-0.3, -0.25) is 4.90 Å². The first-order valence-electron chi connectivity index (χ1n) is 11.9. The minimum Gasteiger partial charge on any atom is -0.385 e. The Kier molecular flexibility index (Phi) is 7.73. The third kappa shape index (κ3) is 5.60. The van der Waals surface area contributed by atoms with Crippen LogP contribution in [0.15, 0.2) is 71.9 Å². The van der Waals surface area contributed by atoms with Crippen LogP contribution in [0.3, 0.4) is 0 Å². The van der Waals surface area contributed by atoms with E-state index in [0.29, 0.717) is 11.1 Å². The van der Waals surface area contributed by atoms with Crippen molar-refractivity contribution in [2.45, 2.75) is 44.8 Å². The average molecular weight is 464 g/mol. The SMILES string of the molecule is C=C(NC1=NC(c2ccccc2Cl)NC(C2CCCCN2C)=C1)c1ccccc1NCCC. The van der Waals surface area contributed by atoms with Gasteiger partial charge in [-0.15, -0.1) is 0 Å². The molecule has 0 saturated carbocycles. The number of piperidine rings is 1. The van der Waals surface area contributed by atoms with E-state index in [1.807, 2.05) is 36.4 Å². The Balaban J connectivity index is 1.63. The minimum absolute atomic E-state index is 0.252. The van der Waals surface area contributed by atoms with Gasteiger partial charge < -0.3 is 16.0 Å². The zero-order valence-corrected chi connectivity index (χ0v) is 20.3. The van der Waals surface area contributed by atoms with Crippen LogP contribution in [0.25, 0.3) is 5.70 Å². The molecule has 1 fully saturated rings. The summed E-state index contributed by atoms with van der Waals surface area (Å²) in [4.78, 5) is 7.40. The van der Waals surface area contributed by atoms with Crippen molar-refractivity contribution in [3.63, 3.8) is 0 Å². The fourth-order valence-electron chi connectivity index (χ4n) is 4.51. The van der Waals surface area contributed by atoms with E-state index in [-0.39, 0.29) is 6.17 Å². The van der Waals surface area contributed by atoms with E-state index >= 15 is 0 Å². The summed E-state index contributed by atoms with van der Waals surface area (Å²) in [6, 6.07) is 16.5. The molecule has 3 N–H and O–H groups in total. The molecule has 1 saturated heterocycles. The number of para-hydroxylation sites is 1. The Morgan fingerprint density at radius 1 is 1.18 bits per heavy atom. The lowest BCUT2D eigenvalue weighted by atomic mass is 9.98. The van der Waals surface area contributed by atoms with E-state index in [1.165, 1.54) is 18.5 Å². The van der Waals surface area contributed by atoms with Crippen LogP contribution in [0, 0.1) is 0 Å². The zero-order valence-electron chi connectivity index (χ0n) is 19.6. The number of nitrogens with zero attached hydrogens (tertiary/aromatic N) is 2. The molecule has 2 aromatic rings. The van der Waals surface area contributed by atoms with Gasteiger partial charge in [0.1, 0.15) is 12.0 Å². The maximum Gasteiger partial charge on any atom is 0.148 e. The Morgan fingerprint density at radius 2 is 1.97 bits per heavy atom. The summed E-state index contributed by atoms with van der Waals surface area (Å²) in [6.07, 6.45) is 6.54. The van der Waals surface area contributed by atoms with Gasteiger partial charge in [-0.1, -0.05) is 67.9 Å². The summed E-state index contributed by atoms with van der Waals surface area (Å²) in [5.41, 5.74) is 5.08. The molecule has 33 heavy (non-hydrogen) atoms. The molecule has 2 heterocycles. The van der Waals surface area contributed by atoms with Gasteiger partial charge >= 0.3 is 0 Å². The predicted octanol–water partition coefficient (Wildman–Crippen LogP) is 5.79. The molecular formula is C27H34ClN5. The van der Waals surface area contributed by atoms with Crippen molar-refractivity contribution in [1.29, 1.82) is 0 Å². The number of rotatable bonds is 7. The van der Waals surface area contributed by atoms with Crippen molar-refractivity contribution >= 4 is 28.8 Å². The normalized spacial score (nSPS) is 20.9. The number of amidine groups is 1. The van der Waals surface area contributed by atoms with Crippen molar-refractivity contribution in [3.05, 3.63) is 83.0 Å². The van der Waals surface area contributed by atoms with Crippen molar-refractivity contribution in [3.8, 4) is 0 Å². The summed E-state index contributed by atoms with van der Waals surface area (Å²) in [6.45, 7) is 8.52. The zero-order chi connectivity index (χ0) is 23.2. The first-order valence-corrected chi connectivity index (χ1v) is 12.2. The highest BCUT2D eigenvalue weighted by molar-refractivity contribution is 6.31. The molecular weight excluding hydrogens is 430 g/mol. The Bertz CT molecular complexity index is 1040. The predicted molar refractivity (Wildman–Crippen MR) is 141 cm³/mol. The van der Waals surface area contributed by atoms with Gasteiger partial charge in [0.05, 0.1) is 0 Å². The van der Waals surface area contributed by atoms with Crippen molar-refractivity contribution in [2.75, 3.05) is 25.5 Å². The van der Waals surface area contributed by atoms with Gasteiger partial charge in [0, 0.05) is 51.9 Å². The van der Waals surface area contributed by atoms with E-state index in [2.05, 4.69) is 59.6 Å². The Morgan fingerprint density at radius 3 is 2.76 bits per heavy atom. The summed E-state index contributed by atoms with van der Waals surface area (Å²) >= 11 is 6.55. The molecule has 2 aromatic carbocycles. The highest BCUT2D eigenvalue weighted by Crippen LogP contribution is 2.30. The second-order valence-corrected chi connectivity index (χ2v) is 9.16. The summed E-state index contributed by atoms with van der Waals surface area (Å²) < 4.78 is 0. The smallest absolute Gasteiger partial charge is 0.148 e. The summed E-state index contributed by atoms with van der Waals surface area (Å²) in [5.74, 6) is 0.794. The van der Waals surface area contributed by atoms with Crippen LogP contribution in [0.5, 0.6) is 0 Å². The van der Waals surface area contributed by atoms with E-state index in [1.54, 1.807) is 0 Å². The first kappa shape index (κ1) is 23.4. The topological polar surface area (TPSA) is 51.7 Å². The van der Waals surface area contributed by atoms with Crippen LogP contribution in [0.2, 0.25) is 5.02 Å². The van der Waals surface area contributed by atoms with E-state index in [9.17, 15) is 0 Å². The molecule has 0 amide bonds. The molecule has 0 bridgehead atoms. The maximum absolute atomic E-state index is 6.55. The van der Waals surface area contributed by atoms with E-state index < -0.39 is 0 Å². The monoisotopic (exact) mass is 463 g/mol. The third-order valence-electron chi connectivity index (χ3n) is 6.29. The maximum atomic E-state index is 6.55. The molecule has 0 spiro atoms. The lowest BCUT2D eigenvalue weighted by molar-refractivity contribution is 0.203. The van der Waals surface area contributed by atoms with Gasteiger partial charge in [-0.05, 0) is 45.0 Å². The summed E-state index contributed by atoms with van der Waals surface area (Å²) in [5, 5.41) is 11.4. The average Bonchev–Trinajstić information content (AvgIpc) is 2.83. The van der Waals surface area contributed by atoms with Gasteiger partial charge in [-0.25, -0.2) is 4.99 Å².